The van der Waals surface area contributed by atoms with E-state index in [-0.39, 0.29) is 31.6 Å². The van der Waals surface area contributed by atoms with E-state index in [9.17, 15) is 18.8 Å². The maximum atomic E-state index is 13.8. The average Bonchev–Trinajstić information content (AvgIpc) is 3.13. The highest BCUT2D eigenvalue weighted by atomic mass is 19.3. The van der Waals surface area contributed by atoms with Crippen LogP contribution in [0.3, 0.4) is 0 Å². The second-order valence-corrected chi connectivity index (χ2v) is 10.7. The minimum atomic E-state index is -2.68. The molecule has 0 unspecified atom stereocenters. The van der Waals surface area contributed by atoms with Crippen LogP contribution in [0.5, 0.6) is 0 Å². The highest BCUT2D eigenvalue weighted by Crippen LogP contribution is 2.48. The van der Waals surface area contributed by atoms with Crippen LogP contribution < -0.4 is 11.1 Å². The van der Waals surface area contributed by atoms with Gasteiger partial charge in [0.2, 0.25) is 5.92 Å². The molecule has 2 fully saturated rings. The van der Waals surface area contributed by atoms with E-state index in [4.69, 9.17) is 10.5 Å². The molecule has 10 heteroatoms. The van der Waals surface area contributed by atoms with E-state index < -0.39 is 35.1 Å². The van der Waals surface area contributed by atoms with Crippen LogP contribution in [0, 0.1) is 22.7 Å². The van der Waals surface area contributed by atoms with E-state index in [2.05, 4.69) is 21.5 Å². The Morgan fingerprint density at radius 3 is 2.56 bits per heavy atom. The van der Waals surface area contributed by atoms with Crippen LogP contribution >= 0.6 is 0 Å². The predicted molar refractivity (Wildman–Crippen MR) is 121 cm³/mol. The molecule has 4 rings (SSSR count). The van der Waals surface area contributed by atoms with Gasteiger partial charge in [0, 0.05) is 12.8 Å². The van der Waals surface area contributed by atoms with Gasteiger partial charge in [-0.2, -0.15) is 10.4 Å². The van der Waals surface area contributed by atoms with Crippen molar-refractivity contribution in [2.45, 2.75) is 89.3 Å². The molecule has 184 valence electrons. The molecule has 0 aromatic carbocycles. The average molecular weight is 475 g/mol. The Morgan fingerprint density at radius 1 is 1.32 bits per heavy atom. The molecule has 0 spiro atoms. The van der Waals surface area contributed by atoms with Crippen LogP contribution in [0.2, 0.25) is 0 Å². The molecule has 0 saturated heterocycles. The monoisotopic (exact) mass is 474 g/mol. The van der Waals surface area contributed by atoms with Crippen molar-refractivity contribution in [3.63, 3.8) is 0 Å². The van der Waals surface area contributed by atoms with Gasteiger partial charge >= 0.3 is 6.09 Å². The number of alkyl halides is 2. The fourth-order valence-electron chi connectivity index (χ4n) is 4.86. The zero-order valence-corrected chi connectivity index (χ0v) is 19.9. The topological polar surface area (TPSA) is 118 Å². The number of fused-ring (bicyclic) bond motifs is 1. The van der Waals surface area contributed by atoms with Gasteiger partial charge < -0.3 is 15.8 Å². The number of alkyl carbamates (subject to hydrolysis) is 1. The lowest BCUT2D eigenvalue weighted by Crippen LogP contribution is -2.40. The van der Waals surface area contributed by atoms with Crippen LogP contribution in [-0.2, 0) is 4.74 Å². The Morgan fingerprint density at radius 2 is 2.00 bits per heavy atom. The number of rotatable bonds is 5. The van der Waals surface area contributed by atoms with Crippen LogP contribution in [0.1, 0.15) is 89.1 Å². The van der Waals surface area contributed by atoms with E-state index in [0.717, 1.165) is 24.8 Å². The summed E-state index contributed by atoms with van der Waals surface area (Å²) in [7, 11) is 0. The first kappa shape index (κ1) is 24.3. The summed E-state index contributed by atoms with van der Waals surface area (Å²) in [6, 6.07) is 3.11. The van der Waals surface area contributed by atoms with Crippen LogP contribution in [0.15, 0.2) is 18.5 Å². The van der Waals surface area contributed by atoms with Crippen molar-refractivity contribution in [3.05, 3.63) is 29.7 Å². The number of amides is 1. The summed E-state index contributed by atoms with van der Waals surface area (Å²) in [4.78, 5) is 17.2. The minimum absolute atomic E-state index is 0.212. The van der Waals surface area contributed by atoms with E-state index >= 15 is 0 Å². The molecule has 8 nitrogen and oxygen atoms in total. The molecular formula is C24H32F2N6O2. The summed E-state index contributed by atoms with van der Waals surface area (Å²) >= 11 is 0. The lowest BCUT2D eigenvalue weighted by atomic mass is 9.64. The number of ether oxygens (including phenoxy) is 1. The van der Waals surface area contributed by atoms with Gasteiger partial charge in [-0.1, -0.05) is 6.42 Å². The number of nitrogens with one attached hydrogen (secondary N) is 1. The summed E-state index contributed by atoms with van der Waals surface area (Å²) in [5.41, 5.74) is 6.92. The molecule has 2 atom stereocenters. The van der Waals surface area contributed by atoms with Crippen molar-refractivity contribution in [1.29, 1.82) is 5.26 Å². The molecule has 34 heavy (non-hydrogen) atoms. The third-order valence-corrected chi connectivity index (χ3v) is 7.01. The first-order valence-corrected chi connectivity index (χ1v) is 11.8. The normalized spacial score (nSPS) is 21.8. The van der Waals surface area contributed by atoms with Gasteiger partial charge in [0.05, 0.1) is 41.7 Å². The number of aromatic nitrogens is 3. The fraction of sp³-hybridized carbons (Fsp3) is 0.667. The number of nitriles is 1. The highest BCUT2D eigenvalue weighted by molar-refractivity contribution is 5.68. The van der Waals surface area contributed by atoms with Crippen LogP contribution in [-0.4, -0.2) is 32.2 Å². The van der Waals surface area contributed by atoms with Crippen LogP contribution in [0.25, 0.3) is 5.65 Å². The molecule has 0 bridgehead atoms. The van der Waals surface area contributed by atoms with E-state index in [1.54, 1.807) is 43.7 Å². The van der Waals surface area contributed by atoms with Crippen molar-refractivity contribution < 1.29 is 18.3 Å². The molecule has 0 radical (unpaired) electrons. The number of nitrogens with zero attached hydrogens (tertiary/aromatic N) is 4. The first-order valence-electron chi connectivity index (χ1n) is 11.8. The van der Waals surface area contributed by atoms with E-state index in [1.807, 2.05) is 0 Å². The number of halogens is 2. The Bertz CT molecular complexity index is 1090. The van der Waals surface area contributed by atoms with Crippen molar-refractivity contribution in [2.75, 3.05) is 0 Å². The SMILES string of the molecule is CC(C)(C)OC(=O)N[C@H](c1cn2ncc([C@H](N)C3(C#N)CCC3)cc2n1)C1CCC(F)(F)CC1. The summed E-state index contributed by atoms with van der Waals surface area (Å²) in [5.74, 6) is -2.90. The number of carbonyl (C=O) groups excluding carboxylic acids is 1. The molecule has 2 aromatic heterocycles. The first-order chi connectivity index (χ1) is 15.9. The van der Waals surface area contributed by atoms with Gasteiger partial charge in [0.25, 0.3) is 0 Å². The lowest BCUT2D eigenvalue weighted by Gasteiger charge is -2.40. The van der Waals surface area contributed by atoms with Gasteiger partial charge in [0.15, 0.2) is 5.65 Å². The minimum Gasteiger partial charge on any atom is -0.444 e. The number of hydrogen-bond acceptors (Lipinski definition) is 6. The van der Waals surface area contributed by atoms with Crippen molar-refractivity contribution in [1.82, 2.24) is 19.9 Å². The smallest absolute Gasteiger partial charge is 0.408 e. The van der Waals surface area contributed by atoms with Gasteiger partial charge in [-0.25, -0.2) is 23.1 Å². The molecule has 2 aliphatic carbocycles. The van der Waals surface area contributed by atoms with Gasteiger partial charge in [-0.15, -0.1) is 0 Å². The Hall–Kier alpha value is -2.80. The third-order valence-electron chi connectivity index (χ3n) is 7.01. The van der Waals surface area contributed by atoms with Crippen molar-refractivity contribution in [3.8, 4) is 6.07 Å². The Kier molecular flexibility index (Phi) is 6.27. The zero-order valence-electron chi connectivity index (χ0n) is 19.9. The molecular weight excluding hydrogens is 442 g/mol. The summed E-state index contributed by atoms with van der Waals surface area (Å²) in [5, 5.41) is 16.9. The lowest BCUT2D eigenvalue weighted by molar-refractivity contribution is -0.0500. The Balaban J connectivity index is 1.62. The fourth-order valence-corrected chi connectivity index (χ4v) is 4.86. The standard InChI is InChI=1S/C24H32F2N6O2/c1-22(2,3)34-21(33)31-19(15-5-9-24(25,26)10-6-15)17-13-32-18(30-17)11-16(12-29-32)20(28)23(14-27)7-4-8-23/h11-13,15,19-20H,4-10,28H2,1-3H3,(H,31,33)/t19-,20-/m0/s1. The summed E-state index contributed by atoms with van der Waals surface area (Å²) in [6.07, 6.45) is 5.25. The van der Waals surface area contributed by atoms with Crippen molar-refractivity contribution in [2.24, 2.45) is 17.1 Å². The number of hydrogen-bond donors (Lipinski definition) is 2. The molecule has 2 saturated carbocycles. The van der Waals surface area contributed by atoms with Crippen molar-refractivity contribution >= 4 is 11.7 Å². The molecule has 0 aliphatic heterocycles. The Labute approximate surface area is 197 Å². The summed E-state index contributed by atoms with van der Waals surface area (Å²) < 4.78 is 34.6. The van der Waals surface area contributed by atoms with Gasteiger partial charge in [0.1, 0.15) is 5.60 Å². The highest BCUT2D eigenvalue weighted by Gasteiger charge is 2.44. The number of carbonyl (C=O) groups is 1. The second kappa shape index (κ2) is 8.77. The molecule has 3 N–H and O–H groups in total. The zero-order chi connectivity index (χ0) is 24.7. The maximum Gasteiger partial charge on any atom is 0.408 e. The molecule has 2 aromatic rings. The molecule has 1 amide bonds. The van der Waals surface area contributed by atoms with E-state index in [0.29, 0.717) is 11.3 Å². The van der Waals surface area contributed by atoms with Gasteiger partial charge in [-0.05, 0) is 64.0 Å². The molecule has 2 heterocycles. The van der Waals surface area contributed by atoms with Gasteiger partial charge in [-0.3, -0.25) is 0 Å². The summed E-state index contributed by atoms with van der Waals surface area (Å²) in [6.45, 7) is 5.29. The number of imidazole rings is 1. The predicted octanol–water partition coefficient (Wildman–Crippen LogP) is 4.81. The van der Waals surface area contributed by atoms with Crippen LogP contribution in [0.4, 0.5) is 13.6 Å². The maximum absolute atomic E-state index is 13.8. The molecule has 2 aliphatic rings. The third kappa shape index (κ3) is 4.99. The second-order valence-electron chi connectivity index (χ2n) is 10.7. The quantitative estimate of drug-likeness (QED) is 0.642. The largest absolute Gasteiger partial charge is 0.444 e. The van der Waals surface area contributed by atoms with E-state index in [1.165, 1.54) is 0 Å². The number of nitrogens with two attached hydrogens (primary N) is 1.